The van der Waals surface area contributed by atoms with E-state index < -0.39 is 5.54 Å². The maximum Gasteiger partial charge on any atom is 0.253 e. The zero-order chi connectivity index (χ0) is 20.8. The Hall–Kier alpha value is -2.67. The van der Waals surface area contributed by atoms with Crippen LogP contribution in [0.2, 0.25) is 0 Å². The standard InChI is InChI=1S/C22H25N3O3S/c1-15-4-5-18(10-16(15)2)21(28)23-8-7-22(13-23)14-24(19-6-9-29-12-19)20(27)11-25(22)17(3)26/h4-6,9-10,12H,7-8,11,13-14H2,1-3H3/t22-/m0/s1. The number of nitrogens with zero attached hydrogens (tertiary/aromatic N) is 3. The predicted molar refractivity (Wildman–Crippen MR) is 113 cm³/mol. The van der Waals surface area contributed by atoms with Gasteiger partial charge in [0.05, 0.1) is 17.8 Å². The maximum absolute atomic E-state index is 13.1. The summed E-state index contributed by atoms with van der Waals surface area (Å²) in [6.07, 6.45) is 0.664. The molecule has 6 nitrogen and oxygen atoms in total. The molecule has 0 unspecified atom stereocenters. The van der Waals surface area contributed by atoms with E-state index in [2.05, 4.69) is 0 Å². The van der Waals surface area contributed by atoms with E-state index in [1.54, 1.807) is 9.80 Å². The lowest BCUT2D eigenvalue weighted by Gasteiger charge is -2.47. The topological polar surface area (TPSA) is 60.9 Å². The van der Waals surface area contributed by atoms with E-state index in [1.807, 2.05) is 53.8 Å². The molecule has 4 rings (SSSR count). The summed E-state index contributed by atoms with van der Waals surface area (Å²) in [7, 11) is 0. The molecule has 1 aromatic heterocycles. The molecular weight excluding hydrogens is 386 g/mol. The number of thiophene rings is 1. The number of hydrogen-bond donors (Lipinski definition) is 0. The SMILES string of the molecule is CC(=O)N1CC(=O)N(c2ccsc2)C[C@@]12CCN(C(=O)c1ccc(C)c(C)c1)C2. The Bertz CT molecular complexity index is 972. The summed E-state index contributed by atoms with van der Waals surface area (Å²) in [4.78, 5) is 43.5. The zero-order valence-electron chi connectivity index (χ0n) is 17.0. The van der Waals surface area contributed by atoms with Gasteiger partial charge >= 0.3 is 0 Å². The van der Waals surface area contributed by atoms with Crippen molar-refractivity contribution in [1.29, 1.82) is 0 Å². The molecule has 1 spiro atoms. The first kappa shape index (κ1) is 19.6. The highest BCUT2D eigenvalue weighted by Gasteiger charge is 2.51. The Morgan fingerprint density at radius 3 is 2.55 bits per heavy atom. The van der Waals surface area contributed by atoms with Crippen LogP contribution in [-0.2, 0) is 9.59 Å². The van der Waals surface area contributed by atoms with Gasteiger partial charge in [-0.2, -0.15) is 11.3 Å². The molecule has 3 heterocycles. The number of rotatable bonds is 2. The van der Waals surface area contributed by atoms with Gasteiger partial charge in [-0.05, 0) is 55.0 Å². The number of hydrogen-bond acceptors (Lipinski definition) is 4. The van der Waals surface area contributed by atoms with Crippen LogP contribution >= 0.6 is 11.3 Å². The third-order valence-corrected chi connectivity index (χ3v) is 6.86. The molecule has 2 aliphatic rings. The van der Waals surface area contributed by atoms with Crippen LogP contribution in [0.4, 0.5) is 5.69 Å². The summed E-state index contributed by atoms with van der Waals surface area (Å²) >= 11 is 1.54. The monoisotopic (exact) mass is 411 g/mol. The van der Waals surface area contributed by atoms with Crippen LogP contribution in [-0.4, -0.2) is 59.2 Å². The third kappa shape index (κ3) is 3.44. The number of carbonyl (C=O) groups excluding carboxylic acids is 3. The molecule has 0 saturated carbocycles. The van der Waals surface area contributed by atoms with Crippen molar-refractivity contribution < 1.29 is 14.4 Å². The minimum Gasteiger partial charge on any atom is -0.336 e. The van der Waals surface area contributed by atoms with Crippen molar-refractivity contribution in [3.05, 3.63) is 51.7 Å². The van der Waals surface area contributed by atoms with E-state index in [-0.39, 0.29) is 24.3 Å². The van der Waals surface area contributed by atoms with Crippen LogP contribution in [0.1, 0.15) is 34.8 Å². The molecule has 3 amide bonds. The fraction of sp³-hybridized carbons (Fsp3) is 0.409. The second-order valence-electron chi connectivity index (χ2n) is 8.07. The molecule has 0 aliphatic carbocycles. The largest absolute Gasteiger partial charge is 0.336 e. The van der Waals surface area contributed by atoms with Gasteiger partial charge in [-0.1, -0.05) is 6.07 Å². The Labute approximate surface area is 174 Å². The Morgan fingerprint density at radius 1 is 1.10 bits per heavy atom. The van der Waals surface area contributed by atoms with Crippen LogP contribution in [0, 0.1) is 13.8 Å². The van der Waals surface area contributed by atoms with Crippen molar-refractivity contribution in [2.24, 2.45) is 0 Å². The Balaban J connectivity index is 1.61. The van der Waals surface area contributed by atoms with Crippen LogP contribution in [0.25, 0.3) is 0 Å². The third-order valence-electron chi connectivity index (χ3n) is 6.19. The van der Waals surface area contributed by atoms with Gasteiger partial charge in [0.1, 0.15) is 6.54 Å². The summed E-state index contributed by atoms with van der Waals surface area (Å²) in [5.74, 6) is -0.223. The summed E-state index contributed by atoms with van der Waals surface area (Å²) in [6.45, 7) is 7.00. The highest BCUT2D eigenvalue weighted by atomic mass is 32.1. The number of aryl methyl sites for hydroxylation is 2. The fourth-order valence-corrected chi connectivity index (χ4v) is 5.03. The molecule has 7 heteroatoms. The van der Waals surface area contributed by atoms with E-state index in [9.17, 15) is 14.4 Å². The van der Waals surface area contributed by atoms with Crippen LogP contribution in [0.15, 0.2) is 35.0 Å². The molecule has 0 N–H and O–H groups in total. The quantitative estimate of drug-likeness (QED) is 0.764. The number of carbonyl (C=O) groups is 3. The lowest BCUT2D eigenvalue weighted by Crippen LogP contribution is -2.67. The smallest absolute Gasteiger partial charge is 0.253 e. The van der Waals surface area contributed by atoms with Crippen molar-refractivity contribution in [3.63, 3.8) is 0 Å². The van der Waals surface area contributed by atoms with E-state index >= 15 is 0 Å². The summed E-state index contributed by atoms with van der Waals surface area (Å²) in [5, 5.41) is 3.89. The predicted octanol–water partition coefficient (Wildman–Crippen LogP) is 2.84. The van der Waals surface area contributed by atoms with E-state index in [0.717, 1.165) is 16.8 Å². The lowest BCUT2D eigenvalue weighted by molar-refractivity contribution is -0.142. The van der Waals surface area contributed by atoms with Gasteiger partial charge in [-0.15, -0.1) is 0 Å². The minimum atomic E-state index is -0.545. The van der Waals surface area contributed by atoms with Crippen molar-refractivity contribution >= 4 is 34.7 Å². The minimum absolute atomic E-state index is 0.0209. The highest BCUT2D eigenvalue weighted by molar-refractivity contribution is 7.08. The van der Waals surface area contributed by atoms with Crippen molar-refractivity contribution in [1.82, 2.24) is 9.80 Å². The molecule has 2 saturated heterocycles. The lowest BCUT2D eigenvalue weighted by atomic mass is 9.92. The van der Waals surface area contributed by atoms with Gasteiger partial charge in [0.2, 0.25) is 11.8 Å². The molecule has 152 valence electrons. The highest BCUT2D eigenvalue weighted by Crippen LogP contribution is 2.35. The van der Waals surface area contributed by atoms with Crippen molar-refractivity contribution in [2.45, 2.75) is 32.7 Å². The molecule has 1 aromatic carbocycles. The van der Waals surface area contributed by atoms with Crippen molar-refractivity contribution in [3.8, 4) is 0 Å². The number of anilines is 1. The average Bonchev–Trinajstić information content (AvgIpc) is 3.36. The Morgan fingerprint density at radius 2 is 1.90 bits per heavy atom. The molecule has 1 atom stereocenters. The van der Waals surface area contributed by atoms with Gasteiger partial charge in [0.25, 0.3) is 5.91 Å². The number of likely N-dealkylation sites (tertiary alicyclic amines) is 1. The van der Waals surface area contributed by atoms with E-state index in [4.69, 9.17) is 0 Å². The van der Waals surface area contributed by atoms with E-state index in [1.165, 1.54) is 18.3 Å². The normalized spacial score (nSPS) is 21.9. The molecule has 29 heavy (non-hydrogen) atoms. The summed E-state index contributed by atoms with van der Waals surface area (Å²) in [6, 6.07) is 7.68. The van der Waals surface area contributed by atoms with Gasteiger partial charge < -0.3 is 14.7 Å². The first-order valence-corrected chi connectivity index (χ1v) is 10.7. The first-order valence-electron chi connectivity index (χ1n) is 9.78. The molecular formula is C22H25N3O3S. The molecule has 0 radical (unpaired) electrons. The van der Waals surface area contributed by atoms with Gasteiger partial charge in [-0.3, -0.25) is 14.4 Å². The molecule has 0 bridgehead atoms. The van der Waals surface area contributed by atoms with Crippen molar-refractivity contribution in [2.75, 3.05) is 31.1 Å². The second-order valence-corrected chi connectivity index (χ2v) is 8.85. The van der Waals surface area contributed by atoms with Gasteiger partial charge in [0.15, 0.2) is 0 Å². The van der Waals surface area contributed by atoms with Crippen LogP contribution in [0.5, 0.6) is 0 Å². The summed E-state index contributed by atoms with van der Waals surface area (Å²) < 4.78 is 0. The Kier molecular flexibility index (Phi) is 4.94. The fourth-order valence-electron chi connectivity index (χ4n) is 4.38. The van der Waals surface area contributed by atoms with E-state index in [0.29, 0.717) is 31.6 Å². The number of amides is 3. The molecule has 2 aliphatic heterocycles. The van der Waals surface area contributed by atoms with Crippen LogP contribution in [0.3, 0.4) is 0 Å². The summed E-state index contributed by atoms with van der Waals surface area (Å²) in [5.41, 5.74) is 3.22. The number of piperazine rings is 1. The van der Waals surface area contributed by atoms with Gasteiger partial charge in [-0.25, -0.2) is 0 Å². The molecule has 2 aromatic rings. The maximum atomic E-state index is 13.1. The number of benzene rings is 1. The first-order chi connectivity index (χ1) is 13.8. The second kappa shape index (κ2) is 7.30. The van der Waals surface area contributed by atoms with Crippen LogP contribution < -0.4 is 4.90 Å². The average molecular weight is 412 g/mol. The molecule has 2 fully saturated rings. The zero-order valence-corrected chi connectivity index (χ0v) is 17.8. The van der Waals surface area contributed by atoms with Gasteiger partial charge in [0, 0.05) is 31.0 Å².